The number of carbonyl (C=O) groups is 1. The summed E-state index contributed by atoms with van der Waals surface area (Å²) in [6, 6.07) is 26.3. The maximum atomic E-state index is 11.6. The molecule has 7 rings (SSSR count). The van der Waals surface area contributed by atoms with Crippen LogP contribution in [0, 0.1) is 6.92 Å². The van der Waals surface area contributed by atoms with E-state index < -0.39 is 0 Å². The van der Waals surface area contributed by atoms with Crippen molar-refractivity contribution in [3.63, 3.8) is 0 Å². The normalized spacial score (nSPS) is 11.7. The standard InChI is InChI=1S/C45H42N10O7/c1-25-19-38(46-26(2)58)40(62-4)24-37(25)55-54-35-13-8-29-22-30(9-11-32(29)44(35)59)50-51-31-10-14-34(39(23-31)61-3)52-53-36-12-7-28-6-5-27(20-33(28)45(36)60)21-43-48-41(15-17-56)47-42(49-43)16-18-57/h5-14,19-20,22-24,56-57,59-60H,15-18,21H2,1-4H3,(H,46,58). The molecule has 7 aromatic rings. The number of methoxy groups -OCH3 is 2. The number of aromatic nitrogens is 3. The lowest BCUT2D eigenvalue weighted by Gasteiger charge is -2.11. The summed E-state index contributed by atoms with van der Waals surface area (Å²) in [4.78, 5) is 24.8. The maximum Gasteiger partial charge on any atom is 0.221 e. The number of anilines is 1. The molecule has 17 nitrogen and oxygen atoms in total. The monoisotopic (exact) mass is 834 g/mol. The van der Waals surface area contributed by atoms with Crippen molar-refractivity contribution < 1.29 is 34.7 Å². The first-order valence-electron chi connectivity index (χ1n) is 19.4. The van der Waals surface area contributed by atoms with Crippen molar-refractivity contribution >= 4 is 67.3 Å². The lowest BCUT2D eigenvalue weighted by atomic mass is 10.0. The Balaban J connectivity index is 1.05. The van der Waals surface area contributed by atoms with E-state index in [4.69, 9.17) is 9.47 Å². The molecule has 1 aromatic heterocycles. The number of phenols is 2. The fourth-order valence-corrected chi connectivity index (χ4v) is 6.55. The summed E-state index contributed by atoms with van der Waals surface area (Å²) in [5.41, 5.74) is 4.56. The van der Waals surface area contributed by atoms with Gasteiger partial charge in [-0.3, -0.25) is 4.79 Å². The van der Waals surface area contributed by atoms with Crippen molar-refractivity contribution in [1.82, 2.24) is 15.0 Å². The molecule has 314 valence electrons. The van der Waals surface area contributed by atoms with E-state index in [2.05, 4.69) is 51.0 Å². The van der Waals surface area contributed by atoms with Crippen LogP contribution in [0.25, 0.3) is 21.5 Å². The molecule has 0 atom stereocenters. The number of aryl methyl sites for hydroxylation is 1. The largest absolute Gasteiger partial charge is 0.505 e. The molecule has 1 heterocycles. The van der Waals surface area contributed by atoms with Crippen molar-refractivity contribution in [1.29, 1.82) is 0 Å². The highest BCUT2D eigenvalue weighted by molar-refractivity contribution is 5.95. The van der Waals surface area contributed by atoms with Crippen molar-refractivity contribution in [3.8, 4) is 23.0 Å². The Kier molecular flexibility index (Phi) is 13.0. The number of aliphatic hydroxyl groups excluding tert-OH is 2. The highest BCUT2D eigenvalue weighted by atomic mass is 16.5. The molecule has 0 unspecified atom stereocenters. The van der Waals surface area contributed by atoms with Gasteiger partial charge in [-0.15, -0.1) is 15.3 Å². The number of fused-ring (bicyclic) bond motifs is 2. The number of phenolic OH excluding ortho intramolecular Hbond substituents is 2. The zero-order valence-corrected chi connectivity index (χ0v) is 34.2. The third-order valence-corrected chi connectivity index (χ3v) is 9.60. The average molecular weight is 835 g/mol. The van der Waals surface area contributed by atoms with Crippen molar-refractivity contribution in [2.24, 2.45) is 30.7 Å². The Bertz CT molecular complexity index is 2880. The van der Waals surface area contributed by atoms with Crippen LogP contribution in [0.4, 0.5) is 39.8 Å². The molecular formula is C45H42N10O7. The summed E-state index contributed by atoms with van der Waals surface area (Å²) in [5.74, 6) is 1.87. The number of azo groups is 3. The van der Waals surface area contributed by atoms with Crippen LogP contribution in [-0.4, -0.2) is 68.7 Å². The number of rotatable bonds is 15. The Morgan fingerprint density at radius 1 is 0.597 bits per heavy atom. The summed E-state index contributed by atoms with van der Waals surface area (Å²) < 4.78 is 11.0. The number of nitrogens with one attached hydrogen (secondary N) is 1. The molecule has 0 aliphatic heterocycles. The van der Waals surface area contributed by atoms with E-state index in [9.17, 15) is 25.2 Å². The van der Waals surface area contributed by atoms with Gasteiger partial charge in [-0.25, -0.2) is 15.0 Å². The van der Waals surface area contributed by atoms with Crippen LogP contribution in [0.3, 0.4) is 0 Å². The highest BCUT2D eigenvalue weighted by Gasteiger charge is 2.14. The summed E-state index contributed by atoms with van der Waals surface area (Å²) >= 11 is 0. The van der Waals surface area contributed by atoms with Gasteiger partial charge < -0.3 is 35.2 Å². The molecule has 0 saturated carbocycles. The molecule has 17 heteroatoms. The quantitative estimate of drug-likeness (QED) is 0.0612. The zero-order chi connectivity index (χ0) is 43.8. The Labute approximate surface area is 355 Å². The van der Waals surface area contributed by atoms with Crippen LogP contribution in [0.5, 0.6) is 23.0 Å². The van der Waals surface area contributed by atoms with Gasteiger partial charge in [0.2, 0.25) is 5.91 Å². The van der Waals surface area contributed by atoms with Crippen LogP contribution in [-0.2, 0) is 24.1 Å². The lowest BCUT2D eigenvalue weighted by molar-refractivity contribution is -0.114. The van der Waals surface area contributed by atoms with Crippen LogP contribution in [0.15, 0.2) is 122 Å². The van der Waals surface area contributed by atoms with Crippen LogP contribution in [0.2, 0.25) is 0 Å². The third kappa shape index (κ3) is 9.81. The van der Waals surface area contributed by atoms with Gasteiger partial charge in [-0.2, -0.15) is 15.3 Å². The molecule has 1 amide bonds. The molecular weight excluding hydrogens is 793 g/mol. The Hall–Kier alpha value is -7.76. The lowest BCUT2D eigenvalue weighted by Crippen LogP contribution is -2.11. The SMILES string of the molecule is COc1cc(N=Nc2ccc3c(O)c(N=Nc4cc(OC)c(NC(C)=O)cc4C)ccc3c2)ccc1N=Nc1ccc2ccc(Cc3nc(CCO)nc(CCO)n3)cc2c1O. The van der Waals surface area contributed by atoms with E-state index in [0.717, 1.165) is 16.5 Å². The third-order valence-electron chi connectivity index (χ3n) is 9.60. The first-order valence-corrected chi connectivity index (χ1v) is 19.4. The van der Waals surface area contributed by atoms with Gasteiger partial charge in [0.15, 0.2) is 11.5 Å². The fourth-order valence-electron chi connectivity index (χ4n) is 6.55. The number of hydrogen-bond donors (Lipinski definition) is 5. The minimum atomic E-state index is -0.226. The molecule has 0 bridgehead atoms. The molecule has 5 N–H and O–H groups in total. The van der Waals surface area contributed by atoms with Crippen LogP contribution < -0.4 is 14.8 Å². The van der Waals surface area contributed by atoms with Crippen LogP contribution in [0.1, 0.15) is 35.5 Å². The second-order valence-electron chi connectivity index (χ2n) is 14.0. The summed E-state index contributed by atoms with van der Waals surface area (Å²) in [5, 5.41) is 72.6. The van der Waals surface area contributed by atoms with Gasteiger partial charge in [0, 0.05) is 49.1 Å². The average Bonchev–Trinajstić information content (AvgIpc) is 3.26. The molecule has 0 aliphatic carbocycles. The van der Waals surface area contributed by atoms with Gasteiger partial charge in [-0.05, 0) is 83.4 Å². The van der Waals surface area contributed by atoms with Crippen molar-refractivity contribution in [3.05, 3.63) is 120 Å². The first-order chi connectivity index (χ1) is 30.0. The number of carbonyl (C=O) groups excluding carboxylic acids is 1. The molecule has 0 saturated heterocycles. The zero-order valence-electron chi connectivity index (χ0n) is 34.2. The predicted octanol–water partition coefficient (Wildman–Crippen LogP) is 9.78. The number of ether oxygens (including phenoxy) is 2. The number of aromatic hydroxyl groups is 2. The predicted molar refractivity (Wildman–Crippen MR) is 233 cm³/mol. The molecule has 6 aromatic carbocycles. The highest BCUT2D eigenvalue weighted by Crippen LogP contribution is 2.41. The number of nitrogens with zero attached hydrogens (tertiary/aromatic N) is 9. The topological polar surface area (TPSA) is 241 Å². The van der Waals surface area contributed by atoms with Gasteiger partial charge in [0.1, 0.15) is 46.0 Å². The second kappa shape index (κ2) is 19.1. The minimum Gasteiger partial charge on any atom is -0.505 e. The van der Waals surface area contributed by atoms with Gasteiger partial charge in [-0.1, -0.05) is 24.3 Å². The molecule has 0 spiro atoms. The molecule has 0 aliphatic rings. The minimum absolute atomic E-state index is 0.0515. The van der Waals surface area contributed by atoms with Crippen molar-refractivity contribution in [2.75, 3.05) is 32.8 Å². The Morgan fingerprint density at radius 3 is 1.82 bits per heavy atom. The summed E-state index contributed by atoms with van der Waals surface area (Å²) in [7, 11) is 3.00. The van der Waals surface area contributed by atoms with E-state index in [0.29, 0.717) is 80.0 Å². The second-order valence-corrected chi connectivity index (χ2v) is 14.0. The van der Waals surface area contributed by atoms with Gasteiger partial charge in [0.05, 0.1) is 50.2 Å². The van der Waals surface area contributed by atoms with E-state index in [1.165, 1.54) is 21.1 Å². The summed E-state index contributed by atoms with van der Waals surface area (Å²) in [6.07, 6.45) is 0.889. The van der Waals surface area contributed by atoms with E-state index in [1.807, 2.05) is 31.2 Å². The van der Waals surface area contributed by atoms with Gasteiger partial charge >= 0.3 is 0 Å². The van der Waals surface area contributed by atoms with E-state index in [1.54, 1.807) is 66.7 Å². The maximum absolute atomic E-state index is 11.6. The van der Waals surface area contributed by atoms with Crippen molar-refractivity contribution in [2.45, 2.75) is 33.1 Å². The number of benzene rings is 6. The number of hydrogen-bond acceptors (Lipinski definition) is 16. The Morgan fingerprint density at radius 2 is 1.16 bits per heavy atom. The fraction of sp³-hybridized carbons (Fsp3) is 0.200. The smallest absolute Gasteiger partial charge is 0.221 e. The van der Waals surface area contributed by atoms with E-state index in [-0.39, 0.29) is 54.8 Å². The first kappa shape index (κ1) is 42.4. The molecule has 0 fully saturated rings. The summed E-state index contributed by atoms with van der Waals surface area (Å²) in [6.45, 7) is 3.03. The molecule has 62 heavy (non-hydrogen) atoms. The number of amides is 1. The molecule has 0 radical (unpaired) electrons. The number of aliphatic hydroxyl groups is 2. The van der Waals surface area contributed by atoms with E-state index >= 15 is 0 Å². The van der Waals surface area contributed by atoms with Crippen LogP contribution >= 0.6 is 0 Å². The van der Waals surface area contributed by atoms with Gasteiger partial charge in [0.25, 0.3) is 0 Å².